The lowest BCUT2D eigenvalue weighted by Crippen LogP contribution is -1.98. The van der Waals surface area contributed by atoms with Crippen molar-refractivity contribution in [3.63, 3.8) is 0 Å². The molecule has 3 N–H and O–H groups in total. The predicted octanol–water partition coefficient (Wildman–Crippen LogP) is 4.24. The molecule has 0 saturated heterocycles. The fraction of sp³-hybridized carbons (Fsp3) is 0.0833. The third kappa shape index (κ3) is 2.98. The maximum Gasteiger partial charge on any atom is 0.133 e. The third-order valence-corrected chi connectivity index (χ3v) is 3.47. The van der Waals surface area contributed by atoms with Gasteiger partial charge in [-0.05, 0) is 52.7 Å². The highest BCUT2D eigenvalue weighted by atomic mass is 79.9. The quantitative estimate of drug-likeness (QED) is 0.846. The van der Waals surface area contributed by atoms with Crippen LogP contribution in [0.15, 0.2) is 39.4 Å². The molecular weight excluding hydrogens is 346 g/mol. The van der Waals surface area contributed by atoms with Gasteiger partial charge in [0.1, 0.15) is 5.82 Å². The van der Waals surface area contributed by atoms with Gasteiger partial charge in [0.25, 0.3) is 0 Å². The molecule has 5 heteroatoms. The van der Waals surface area contributed by atoms with Crippen LogP contribution in [0.2, 0.25) is 0 Å². The van der Waals surface area contributed by atoms with Gasteiger partial charge in [-0.25, -0.2) is 4.98 Å². The molecule has 17 heavy (non-hydrogen) atoms. The van der Waals surface area contributed by atoms with Crippen molar-refractivity contribution < 1.29 is 0 Å². The van der Waals surface area contributed by atoms with Gasteiger partial charge in [-0.2, -0.15) is 0 Å². The van der Waals surface area contributed by atoms with Gasteiger partial charge in [0.2, 0.25) is 0 Å². The topological polar surface area (TPSA) is 50.9 Å². The molecule has 0 bridgehead atoms. The van der Waals surface area contributed by atoms with Crippen LogP contribution in [0.25, 0.3) is 0 Å². The highest BCUT2D eigenvalue weighted by Gasteiger charge is 2.04. The average molecular weight is 357 g/mol. The molecule has 0 amide bonds. The van der Waals surface area contributed by atoms with Gasteiger partial charge < -0.3 is 11.1 Å². The van der Waals surface area contributed by atoms with Crippen molar-refractivity contribution in [2.75, 3.05) is 11.1 Å². The Morgan fingerprint density at radius 1 is 1.24 bits per heavy atom. The van der Waals surface area contributed by atoms with Gasteiger partial charge in [0.15, 0.2) is 0 Å². The van der Waals surface area contributed by atoms with E-state index in [0.717, 1.165) is 26.0 Å². The van der Waals surface area contributed by atoms with E-state index >= 15 is 0 Å². The molecular formula is C12H11Br2N3. The zero-order valence-corrected chi connectivity index (χ0v) is 12.3. The van der Waals surface area contributed by atoms with E-state index in [1.54, 1.807) is 6.20 Å². The lowest BCUT2D eigenvalue weighted by molar-refractivity contribution is 1.26. The molecule has 2 aromatic rings. The number of benzene rings is 1. The van der Waals surface area contributed by atoms with Crippen molar-refractivity contribution in [1.82, 2.24) is 4.98 Å². The number of hydrogen-bond donors (Lipinski definition) is 2. The summed E-state index contributed by atoms with van der Waals surface area (Å²) < 4.78 is 2.00. The second-order valence-electron chi connectivity index (χ2n) is 3.68. The van der Waals surface area contributed by atoms with Gasteiger partial charge in [-0.15, -0.1) is 0 Å². The molecule has 0 saturated carbocycles. The molecule has 0 atom stereocenters. The Morgan fingerprint density at radius 3 is 2.71 bits per heavy atom. The fourth-order valence-corrected chi connectivity index (χ4v) is 2.16. The molecule has 3 nitrogen and oxygen atoms in total. The average Bonchev–Trinajstić information content (AvgIpc) is 2.27. The number of nitrogens with one attached hydrogen (secondary N) is 1. The summed E-state index contributed by atoms with van der Waals surface area (Å²) in [4.78, 5) is 4.27. The van der Waals surface area contributed by atoms with Crippen LogP contribution in [-0.4, -0.2) is 4.98 Å². The lowest BCUT2D eigenvalue weighted by Gasteiger charge is -2.11. The van der Waals surface area contributed by atoms with E-state index in [9.17, 15) is 0 Å². The molecule has 0 fully saturated rings. The predicted molar refractivity (Wildman–Crippen MR) is 78.5 cm³/mol. The summed E-state index contributed by atoms with van der Waals surface area (Å²) in [6.45, 7) is 1.97. The molecule has 0 aliphatic heterocycles. The normalized spacial score (nSPS) is 10.3. The SMILES string of the molecule is Cc1cc(N)cnc1Nc1cc(Br)ccc1Br. The number of rotatable bonds is 2. The van der Waals surface area contributed by atoms with Gasteiger partial charge in [-0.1, -0.05) is 15.9 Å². The standard InChI is InChI=1S/C12H11Br2N3/c1-7-4-9(15)6-16-12(7)17-11-5-8(13)2-3-10(11)14/h2-6H,15H2,1H3,(H,16,17). The number of nitrogens with zero attached hydrogens (tertiary/aromatic N) is 1. The smallest absolute Gasteiger partial charge is 0.133 e. The van der Waals surface area contributed by atoms with Gasteiger partial charge in [-0.3, -0.25) is 0 Å². The molecule has 0 unspecified atom stereocenters. The molecule has 0 radical (unpaired) electrons. The number of pyridine rings is 1. The van der Waals surface area contributed by atoms with Crippen molar-refractivity contribution in [1.29, 1.82) is 0 Å². The second kappa shape index (κ2) is 5.06. The van der Waals surface area contributed by atoms with Crippen molar-refractivity contribution in [3.8, 4) is 0 Å². The summed E-state index contributed by atoms with van der Waals surface area (Å²) in [6, 6.07) is 7.82. The van der Waals surface area contributed by atoms with Crippen LogP contribution in [0.4, 0.5) is 17.2 Å². The summed E-state index contributed by atoms with van der Waals surface area (Å²) in [5.74, 6) is 0.804. The van der Waals surface area contributed by atoms with Crippen LogP contribution in [0, 0.1) is 6.92 Å². The highest BCUT2D eigenvalue weighted by Crippen LogP contribution is 2.29. The Balaban J connectivity index is 2.34. The Morgan fingerprint density at radius 2 is 2.00 bits per heavy atom. The highest BCUT2D eigenvalue weighted by molar-refractivity contribution is 9.11. The van der Waals surface area contributed by atoms with Crippen molar-refractivity contribution in [3.05, 3.63) is 45.0 Å². The summed E-state index contributed by atoms with van der Waals surface area (Å²) in [5.41, 5.74) is 8.30. The van der Waals surface area contributed by atoms with Gasteiger partial charge >= 0.3 is 0 Å². The number of aryl methyl sites for hydroxylation is 1. The largest absolute Gasteiger partial charge is 0.397 e. The first-order chi connectivity index (χ1) is 8.06. The van der Waals surface area contributed by atoms with Crippen LogP contribution in [0.3, 0.4) is 0 Å². The molecule has 88 valence electrons. The second-order valence-corrected chi connectivity index (χ2v) is 5.45. The van der Waals surface area contributed by atoms with E-state index in [-0.39, 0.29) is 0 Å². The van der Waals surface area contributed by atoms with Crippen molar-refractivity contribution in [2.24, 2.45) is 0 Å². The minimum Gasteiger partial charge on any atom is -0.397 e. The molecule has 1 aromatic carbocycles. The summed E-state index contributed by atoms with van der Waals surface area (Å²) in [6.07, 6.45) is 1.64. The Labute approximate surface area is 117 Å². The van der Waals surface area contributed by atoms with E-state index in [1.807, 2.05) is 31.2 Å². The van der Waals surface area contributed by atoms with E-state index < -0.39 is 0 Å². The number of nitrogen functional groups attached to an aromatic ring is 1. The number of halogens is 2. The van der Waals surface area contributed by atoms with Crippen LogP contribution >= 0.6 is 31.9 Å². The third-order valence-electron chi connectivity index (χ3n) is 2.28. The minimum absolute atomic E-state index is 0.668. The number of hydrogen-bond acceptors (Lipinski definition) is 3. The van der Waals surface area contributed by atoms with E-state index in [1.165, 1.54) is 0 Å². The molecule has 1 heterocycles. The molecule has 2 rings (SSSR count). The molecule has 0 aliphatic carbocycles. The maximum atomic E-state index is 5.67. The van der Waals surface area contributed by atoms with Crippen LogP contribution in [-0.2, 0) is 0 Å². The summed E-state index contributed by atoms with van der Waals surface area (Å²) in [7, 11) is 0. The Kier molecular flexibility index (Phi) is 3.69. The van der Waals surface area contributed by atoms with Crippen LogP contribution in [0.5, 0.6) is 0 Å². The first-order valence-electron chi connectivity index (χ1n) is 5.00. The van der Waals surface area contributed by atoms with Crippen molar-refractivity contribution in [2.45, 2.75) is 6.92 Å². The summed E-state index contributed by atoms with van der Waals surface area (Å²) >= 11 is 6.93. The Bertz CT molecular complexity index is 555. The number of anilines is 3. The van der Waals surface area contributed by atoms with E-state index in [4.69, 9.17) is 5.73 Å². The zero-order valence-electron chi connectivity index (χ0n) is 9.17. The zero-order chi connectivity index (χ0) is 12.4. The van der Waals surface area contributed by atoms with Crippen molar-refractivity contribution >= 4 is 49.1 Å². The van der Waals surface area contributed by atoms with E-state index in [2.05, 4.69) is 42.2 Å². The lowest BCUT2D eigenvalue weighted by atomic mass is 10.2. The number of nitrogens with two attached hydrogens (primary N) is 1. The monoisotopic (exact) mass is 355 g/mol. The first kappa shape index (κ1) is 12.4. The molecule has 0 spiro atoms. The molecule has 1 aromatic heterocycles. The Hall–Kier alpha value is -1.07. The summed E-state index contributed by atoms with van der Waals surface area (Å²) in [5, 5.41) is 3.26. The van der Waals surface area contributed by atoms with Crippen LogP contribution in [0.1, 0.15) is 5.56 Å². The van der Waals surface area contributed by atoms with Gasteiger partial charge in [0.05, 0.1) is 17.6 Å². The maximum absolute atomic E-state index is 5.67. The van der Waals surface area contributed by atoms with Crippen LogP contribution < -0.4 is 11.1 Å². The fourth-order valence-electron chi connectivity index (χ4n) is 1.45. The number of aromatic nitrogens is 1. The first-order valence-corrected chi connectivity index (χ1v) is 6.59. The minimum atomic E-state index is 0.668. The van der Waals surface area contributed by atoms with Gasteiger partial charge in [0, 0.05) is 8.95 Å². The molecule has 0 aliphatic rings. The van der Waals surface area contributed by atoms with E-state index in [0.29, 0.717) is 5.69 Å².